The van der Waals surface area contributed by atoms with E-state index in [1.165, 1.54) is 38.8 Å². The average molecular weight is 212 g/mol. The van der Waals surface area contributed by atoms with Crippen LogP contribution in [0.25, 0.3) is 0 Å². The van der Waals surface area contributed by atoms with Crippen LogP contribution in [0.2, 0.25) is 0 Å². The number of hydrogen-bond acceptors (Lipinski definition) is 3. The topological polar surface area (TPSA) is 15.7 Å². The fourth-order valence-electron chi connectivity index (χ4n) is 2.39. The highest BCUT2D eigenvalue weighted by atomic mass is 16.7. The Balaban J connectivity index is 1.68. The lowest BCUT2D eigenvalue weighted by atomic mass is 10.0. The molecule has 2 rings (SSSR count). The summed E-state index contributed by atoms with van der Waals surface area (Å²) in [6.45, 7) is 6.98. The fourth-order valence-corrected chi connectivity index (χ4v) is 2.39. The van der Waals surface area contributed by atoms with Gasteiger partial charge in [-0.2, -0.15) is 5.06 Å². The summed E-state index contributed by atoms with van der Waals surface area (Å²) in [7, 11) is 2.19. The summed E-state index contributed by atoms with van der Waals surface area (Å²) >= 11 is 0. The quantitative estimate of drug-likeness (QED) is 0.693. The summed E-state index contributed by atoms with van der Waals surface area (Å²) in [6, 6.07) is 0. The highest BCUT2D eigenvalue weighted by Crippen LogP contribution is 2.20. The van der Waals surface area contributed by atoms with Gasteiger partial charge in [0.2, 0.25) is 0 Å². The highest BCUT2D eigenvalue weighted by Gasteiger charge is 2.22. The molecule has 0 radical (unpaired) electrons. The minimum Gasteiger partial charge on any atom is -0.306 e. The van der Waals surface area contributed by atoms with Gasteiger partial charge in [-0.25, -0.2) is 0 Å². The van der Waals surface area contributed by atoms with Crippen molar-refractivity contribution in [2.24, 2.45) is 5.92 Å². The van der Waals surface area contributed by atoms with Gasteiger partial charge < -0.3 is 4.90 Å². The zero-order chi connectivity index (χ0) is 10.7. The Hall–Kier alpha value is -0.120. The van der Waals surface area contributed by atoms with Gasteiger partial charge in [0.1, 0.15) is 0 Å². The second kappa shape index (κ2) is 5.28. The van der Waals surface area contributed by atoms with Crippen LogP contribution in [-0.2, 0) is 4.84 Å². The zero-order valence-electron chi connectivity index (χ0n) is 10.1. The minimum atomic E-state index is 0.481. The maximum absolute atomic E-state index is 6.04. The van der Waals surface area contributed by atoms with Gasteiger partial charge in [-0.05, 0) is 38.6 Å². The Morgan fingerprint density at radius 3 is 2.13 bits per heavy atom. The Labute approximate surface area is 93.3 Å². The molecule has 3 heteroatoms. The van der Waals surface area contributed by atoms with Crippen molar-refractivity contribution >= 4 is 0 Å². The summed E-state index contributed by atoms with van der Waals surface area (Å²) in [4.78, 5) is 8.42. The Bertz CT molecular complexity index is 162. The highest BCUT2D eigenvalue weighted by molar-refractivity contribution is 4.71. The molecule has 2 aliphatic heterocycles. The van der Waals surface area contributed by atoms with Gasteiger partial charge in [-0.1, -0.05) is 6.92 Å². The summed E-state index contributed by atoms with van der Waals surface area (Å²) in [5, 5.41) is 2.20. The first kappa shape index (κ1) is 11.4. The summed E-state index contributed by atoms with van der Waals surface area (Å²) in [5.74, 6) is 0.891. The molecule has 0 aliphatic carbocycles. The molecule has 3 nitrogen and oxygen atoms in total. The van der Waals surface area contributed by atoms with Crippen LogP contribution < -0.4 is 0 Å². The van der Waals surface area contributed by atoms with Crippen molar-refractivity contribution in [3.05, 3.63) is 0 Å². The molecule has 0 aromatic rings. The van der Waals surface area contributed by atoms with E-state index in [2.05, 4.69) is 23.9 Å². The SMILES string of the molecule is CC1CCN(OC2CCN(C)CC2)CC1. The van der Waals surface area contributed by atoms with Gasteiger partial charge >= 0.3 is 0 Å². The number of rotatable bonds is 2. The third-order valence-corrected chi connectivity index (χ3v) is 3.71. The van der Waals surface area contributed by atoms with E-state index >= 15 is 0 Å². The van der Waals surface area contributed by atoms with Gasteiger partial charge in [0.15, 0.2) is 0 Å². The number of nitrogens with zero attached hydrogens (tertiary/aromatic N) is 2. The first-order chi connectivity index (χ1) is 7.24. The molecular formula is C12H24N2O. The van der Waals surface area contributed by atoms with Crippen molar-refractivity contribution in [3.63, 3.8) is 0 Å². The molecule has 0 spiro atoms. The summed E-state index contributed by atoms with van der Waals surface area (Å²) in [6.07, 6.45) is 5.47. The second-order valence-electron chi connectivity index (χ2n) is 5.22. The molecule has 0 aromatic carbocycles. The van der Waals surface area contributed by atoms with E-state index in [4.69, 9.17) is 4.84 Å². The third kappa shape index (κ3) is 3.44. The predicted molar refractivity (Wildman–Crippen MR) is 61.6 cm³/mol. The second-order valence-corrected chi connectivity index (χ2v) is 5.22. The van der Waals surface area contributed by atoms with Crippen molar-refractivity contribution in [2.75, 3.05) is 33.2 Å². The molecule has 0 saturated carbocycles. The molecule has 0 amide bonds. The number of hydrogen-bond donors (Lipinski definition) is 0. The minimum absolute atomic E-state index is 0.481. The lowest BCUT2D eigenvalue weighted by molar-refractivity contribution is -0.217. The third-order valence-electron chi connectivity index (χ3n) is 3.71. The van der Waals surface area contributed by atoms with Gasteiger partial charge in [0.05, 0.1) is 6.10 Å². The smallest absolute Gasteiger partial charge is 0.0817 e. The Morgan fingerprint density at radius 2 is 1.53 bits per heavy atom. The Morgan fingerprint density at radius 1 is 0.933 bits per heavy atom. The molecule has 0 atom stereocenters. The molecule has 0 aromatic heterocycles. The normalized spacial score (nSPS) is 28.4. The van der Waals surface area contributed by atoms with E-state index in [9.17, 15) is 0 Å². The first-order valence-electron chi connectivity index (χ1n) is 6.34. The fraction of sp³-hybridized carbons (Fsp3) is 1.00. The van der Waals surface area contributed by atoms with E-state index in [1.807, 2.05) is 0 Å². The number of hydroxylamine groups is 2. The first-order valence-corrected chi connectivity index (χ1v) is 6.34. The van der Waals surface area contributed by atoms with E-state index in [0.29, 0.717) is 6.10 Å². The molecule has 2 fully saturated rings. The average Bonchev–Trinajstić information content (AvgIpc) is 2.25. The molecule has 2 saturated heterocycles. The van der Waals surface area contributed by atoms with Crippen molar-refractivity contribution in [1.29, 1.82) is 0 Å². The predicted octanol–water partition coefficient (Wildman–Crippen LogP) is 1.74. The molecule has 0 N–H and O–H groups in total. The van der Waals surface area contributed by atoms with Gasteiger partial charge in [-0.3, -0.25) is 4.84 Å². The Kier molecular flexibility index (Phi) is 4.00. The van der Waals surface area contributed by atoms with Gasteiger partial charge in [-0.15, -0.1) is 0 Å². The lowest BCUT2D eigenvalue weighted by Crippen LogP contribution is -2.41. The summed E-state index contributed by atoms with van der Waals surface area (Å²) in [5.41, 5.74) is 0. The standard InChI is InChI=1S/C12H24N2O/c1-11-3-9-14(10-4-11)15-12-5-7-13(2)8-6-12/h11-12H,3-10H2,1-2H3. The lowest BCUT2D eigenvalue weighted by Gasteiger charge is -2.35. The van der Waals surface area contributed by atoms with Crippen LogP contribution in [0.5, 0.6) is 0 Å². The van der Waals surface area contributed by atoms with Crippen LogP contribution in [0.1, 0.15) is 32.6 Å². The molecule has 0 unspecified atom stereocenters. The van der Waals surface area contributed by atoms with E-state index in [-0.39, 0.29) is 0 Å². The molecular weight excluding hydrogens is 188 g/mol. The van der Waals surface area contributed by atoms with Crippen LogP contribution in [-0.4, -0.2) is 49.3 Å². The maximum atomic E-state index is 6.04. The van der Waals surface area contributed by atoms with Crippen molar-refractivity contribution in [3.8, 4) is 0 Å². The van der Waals surface area contributed by atoms with Crippen LogP contribution in [0.15, 0.2) is 0 Å². The molecule has 2 aliphatic rings. The summed E-state index contributed by atoms with van der Waals surface area (Å²) < 4.78 is 0. The molecule has 0 bridgehead atoms. The van der Waals surface area contributed by atoms with Gasteiger partial charge in [0.25, 0.3) is 0 Å². The largest absolute Gasteiger partial charge is 0.306 e. The monoisotopic (exact) mass is 212 g/mol. The van der Waals surface area contributed by atoms with E-state index in [1.54, 1.807) is 0 Å². The van der Waals surface area contributed by atoms with Crippen molar-refractivity contribution in [2.45, 2.75) is 38.7 Å². The molecule has 15 heavy (non-hydrogen) atoms. The van der Waals surface area contributed by atoms with Crippen LogP contribution in [0.4, 0.5) is 0 Å². The van der Waals surface area contributed by atoms with E-state index in [0.717, 1.165) is 19.0 Å². The number of piperidine rings is 2. The number of likely N-dealkylation sites (tertiary alicyclic amines) is 1. The van der Waals surface area contributed by atoms with Crippen LogP contribution in [0, 0.1) is 5.92 Å². The van der Waals surface area contributed by atoms with Crippen molar-refractivity contribution < 1.29 is 4.84 Å². The zero-order valence-corrected chi connectivity index (χ0v) is 10.1. The van der Waals surface area contributed by atoms with E-state index < -0.39 is 0 Å². The van der Waals surface area contributed by atoms with Gasteiger partial charge in [0, 0.05) is 26.2 Å². The van der Waals surface area contributed by atoms with Crippen LogP contribution in [0.3, 0.4) is 0 Å². The maximum Gasteiger partial charge on any atom is 0.0817 e. The molecule has 88 valence electrons. The van der Waals surface area contributed by atoms with Crippen molar-refractivity contribution in [1.82, 2.24) is 9.96 Å². The van der Waals surface area contributed by atoms with Crippen LogP contribution >= 0.6 is 0 Å². The molecule has 2 heterocycles.